The summed E-state index contributed by atoms with van der Waals surface area (Å²) in [5.74, 6) is 0.0506. The van der Waals surface area contributed by atoms with Crippen LogP contribution in [0.4, 0.5) is 5.69 Å². The SMILES string of the molecule is CC(C)(C)C(=O)c1c[nH]c2ncc(-c3cccc([N+](C)(C)CCN)c3)nc12. The number of ketones is 1. The van der Waals surface area contributed by atoms with Crippen LogP contribution in [-0.4, -0.2) is 47.9 Å². The lowest BCUT2D eigenvalue weighted by molar-refractivity contribution is 0.0860. The van der Waals surface area contributed by atoms with Gasteiger partial charge in [-0.25, -0.2) is 9.97 Å². The molecule has 2 heterocycles. The normalized spacial score (nSPS) is 12.5. The molecule has 0 spiro atoms. The van der Waals surface area contributed by atoms with Gasteiger partial charge >= 0.3 is 0 Å². The summed E-state index contributed by atoms with van der Waals surface area (Å²) in [4.78, 5) is 25.0. The number of aromatic nitrogens is 3. The van der Waals surface area contributed by atoms with Crippen LogP contribution in [-0.2, 0) is 0 Å². The first-order valence-corrected chi connectivity index (χ1v) is 9.16. The Balaban J connectivity index is 2.07. The Labute approximate surface area is 160 Å². The number of aromatic amines is 1. The second kappa shape index (κ2) is 6.87. The number of quaternary nitrogens is 1. The minimum Gasteiger partial charge on any atom is -0.344 e. The number of hydrogen-bond acceptors (Lipinski definition) is 4. The van der Waals surface area contributed by atoms with E-state index in [9.17, 15) is 4.79 Å². The van der Waals surface area contributed by atoms with Crippen molar-refractivity contribution in [1.29, 1.82) is 0 Å². The van der Waals surface area contributed by atoms with Gasteiger partial charge in [0.2, 0.25) is 0 Å². The third-order valence-corrected chi connectivity index (χ3v) is 4.84. The summed E-state index contributed by atoms with van der Waals surface area (Å²) in [6.07, 6.45) is 3.45. The van der Waals surface area contributed by atoms with E-state index in [2.05, 4.69) is 36.2 Å². The molecule has 0 saturated carbocycles. The van der Waals surface area contributed by atoms with Crippen molar-refractivity contribution < 1.29 is 4.79 Å². The number of rotatable bonds is 5. The molecule has 1 aromatic carbocycles. The highest BCUT2D eigenvalue weighted by Crippen LogP contribution is 2.29. The lowest BCUT2D eigenvalue weighted by atomic mass is 9.87. The highest BCUT2D eigenvalue weighted by Gasteiger charge is 2.26. The summed E-state index contributed by atoms with van der Waals surface area (Å²) in [6.45, 7) is 7.19. The lowest BCUT2D eigenvalue weighted by Gasteiger charge is -2.29. The second-order valence-electron chi connectivity index (χ2n) is 8.48. The van der Waals surface area contributed by atoms with Gasteiger partial charge in [-0.15, -0.1) is 0 Å². The number of nitrogens with zero attached hydrogens (tertiary/aromatic N) is 3. The van der Waals surface area contributed by atoms with Crippen LogP contribution in [0.5, 0.6) is 0 Å². The van der Waals surface area contributed by atoms with Crippen molar-refractivity contribution in [2.45, 2.75) is 20.8 Å². The lowest BCUT2D eigenvalue weighted by Crippen LogP contribution is -2.44. The maximum Gasteiger partial charge on any atom is 0.171 e. The highest BCUT2D eigenvalue weighted by atomic mass is 16.1. The number of carbonyl (C=O) groups is 1. The quantitative estimate of drug-likeness (QED) is 0.535. The first-order chi connectivity index (χ1) is 12.6. The van der Waals surface area contributed by atoms with E-state index >= 15 is 0 Å². The average Bonchev–Trinajstić information content (AvgIpc) is 3.03. The minimum absolute atomic E-state index is 0.0506. The van der Waals surface area contributed by atoms with Crippen molar-refractivity contribution >= 4 is 22.6 Å². The maximum absolute atomic E-state index is 12.7. The van der Waals surface area contributed by atoms with Gasteiger partial charge in [0.1, 0.15) is 11.2 Å². The van der Waals surface area contributed by atoms with E-state index in [0.29, 0.717) is 27.8 Å². The van der Waals surface area contributed by atoms with Gasteiger partial charge in [-0.1, -0.05) is 32.9 Å². The molecule has 142 valence electrons. The average molecular weight is 366 g/mol. The second-order valence-corrected chi connectivity index (χ2v) is 8.48. The number of benzene rings is 1. The Hall–Kier alpha value is -2.57. The minimum atomic E-state index is -0.476. The van der Waals surface area contributed by atoms with E-state index < -0.39 is 5.41 Å². The number of nitrogens with one attached hydrogen (secondary N) is 1. The molecule has 0 aliphatic rings. The summed E-state index contributed by atoms with van der Waals surface area (Å²) in [5.41, 5.74) is 9.99. The Bertz CT molecular complexity index is 982. The first kappa shape index (κ1) is 19.2. The summed E-state index contributed by atoms with van der Waals surface area (Å²) in [6, 6.07) is 8.24. The van der Waals surface area contributed by atoms with Crippen LogP contribution >= 0.6 is 0 Å². The molecule has 27 heavy (non-hydrogen) atoms. The van der Waals surface area contributed by atoms with Gasteiger partial charge in [0.15, 0.2) is 11.4 Å². The fraction of sp³-hybridized carbons (Fsp3) is 0.381. The van der Waals surface area contributed by atoms with Crippen LogP contribution < -0.4 is 10.2 Å². The van der Waals surface area contributed by atoms with Gasteiger partial charge < -0.3 is 10.7 Å². The fourth-order valence-corrected chi connectivity index (χ4v) is 3.10. The summed E-state index contributed by atoms with van der Waals surface area (Å²) >= 11 is 0. The molecule has 6 nitrogen and oxygen atoms in total. The molecule has 0 amide bonds. The summed E-state index contributed by atoms with van der Waals surface area (Å²) < 4.78 is 0.692. The van der Waals surface area contributed by atoms with Crippen LogP contribution in [0.1, 0.15) is 31.1 Å². The summed E-state index contributed by atoms with van der Waals surface area (Å²) in [5, 5.41) is 0. The number of H-pyrrole nitrogens is 1. The van der Waals surface area contributed by atoms with Crippen molar-refractivity contribution in [3.8, 4) is 11.3 Å². The summed E-state index contributed by atoms with van der Waals surface area (Å²) in [7, 11) is 4.26. The molecule has 3 rings (SSSR count). The van der Waals surface area contributed by atoms with E-state index in [-0.39, 0.29) is 5.78 Å². The molecule has 2 aromatic heterocycles. The van der Waals surface area contributed by atoms with Crippen LogP contribution in [0.3, 0.4) is 0 Å². The van der Waals surface area contributed by atoms with E-state index in [4.69, 9.17) is 10.7 Å². The van der Waals surface area contributed by atoms with Crippen LogP contribution in [0.15, 0.2) is 36.7 Å². The molecule has 0 aliphatic heterocycles. The van der Waals surface area contributed by atoms with Gasteiger partial charge in [0.05, 0.1) is 38.1 Å². The fourth-order valence-electron chi connectivity index (χ4n) is 3.10. The highest BCUT2D eigenvalue weighted by molar-refractivity contribution is 6.08. The third-order valence-electron chi connectivity index (χ3n) is 4.84. The Morgan fingerprint density at radius 2 is 2.00 bits per heavy atom. The van der Waals surface area contributed by atoms with Gasteiger partial charge in [-0.3, -0.25) is 9.28 Å². The van der Waals surface area contributed by atoms with Crippen molar-refractivity contribution in [1.82, 2.24) is 19.4 Å². The molecule has 6 heteroatoms. The van der Waals surface area contributed by atoms with Crippen molar-refractivity contribution in [2.24, 2.45) is 11.1 Å². The molecular weight excluding hydrogens is 338 g/mol. The zero-order valence-electron chi connectivity index (χ0n) is 16.7. The van der Waals surface area contributed by atoms with Crippen LogP contribution in [0.2, 0.25) is 0 Å². The van der Waals surface area contributed by atoms with E-state index in [1.807, 2.05) is 32.9 Å². The molecule has 0 radical (unpaired) electrons. The number of fused-ring (bicyclic) bond motifs is 1. The Morgan fingerprint density at radius 3 is 2.67 bits per heavy atom. The van der Waals surface area contributed by atoms with Gasteiger partial charge in [0.25, 0.3) is 0 Å². The Kier molecular flexibility index (Phi) is 4.88. The predicted octanol–water partition coefficient (Wildman–Crippen LogP) is 3.38. The van der Waals surface area contributed by atoms with Gasteiger partial charge in [0, 0.05) is 29.8 Å². The van der Waals surface area contributed by atoms with Crippen LogP contribution in [0.25, 0.3) is 22.4 Å². The molecule has 3 aromatic rings. The monoisotopic (exact) mass is 366 g/mol. The van der Waals surface area contributed by atoms with E-state index in [1.165, 1.54) is 0 Å². The van der Waals surface area contributed by atoms with Crippen molar-refractivity contribution in [3.63, 3.8) is 0 Å². The molecule has 0 unspecified atom stereocenters. The molecule has 0 atom stereocenters. The molecule has 3 N–H and O–H groups in total. The molecule has 0 bridgehead atoms. The number of hydrogen-bond donors (Lipinski definition) is 2. The van der Waals surface area contributed by atoms with Crippen LogP contribution in [0, 0.1) is 5.41 Å². The third kappa shape index (κ3) is 3.77. The first-order valence-electron chi connectivity index (χ1n) is 9.16. The van der Waals surface area contributed by atoms with Crippen molar-refractivity contribution in [2.75, 3.05) is 27.2 Å². The Morgan fingerprint density at radius 1 is 1.26 bits per heavy atom. The van der Waals surface area contributed by atoms with Gasteiger partial charge in [-0.05, 0) is 6.07 Å². The molecule has 0 fully saturated rings. The van der Waals surface area contributed by atoms with Crippen molar-refractivity contribution in [3.05, 3.63) is 42.2 Å². The molecule has 0 aliphatic carbocycles. The standard InChI is InChI=1S/C21H27N5O/c1-21(2,3)19(27)16-12-23-20-18(16)25-17(13-24-20)14-7-6-8-15(11-14)26(4,5)10-9-22/h6-8,11-13H,9-10,22H2,1-5H3/p+1. The molecule has 0 saturated heterocycles. The smallest absolute Gasteiger partial charge is 0.171 e. The number of carbonyl (C=O) groups excluding carboxylic acids is 1. The molecular formula is C21H28N5O+. The number of nitrogens with two attached hydrogens (primary N) is 1. The van der Waals surface area contributed by atoms with E-state index in [1.54, 1.807) is 12.4 Å². The number of Topliss-reactive ketones (excluding diaryl/α,β-unsaturated/α-hetero) is 1. The largest absolute Gasteiger partial charge is 0.344 e. The predicted molar refractivity (Wildman–Crippen MR) is 111 cm³/mol. The zero-order chi connectivity index (χ0) is 19.8. The maximum atomic E-state index is 12.7. The topological polar surface area (TPSA) is 84.7 Å². The zero-order valence-corrected chi connectivity index (χ0v) is 16.7. The van der Waals surface area contributed by atoms with Gasteiger partial charge in [-0.2, -0.15) is 0 Å². The number of likely N-dealkylation sites (N-methyl/N-ethyl adjacent to an activating group) is 1. The van der Waals surface area contributed by atoms with E-state index in [0.717, 1.165) is 23.5 Å².